The molecule has 1 aromatic heterocycles. The molecule has 0 fully saturated rings. The molecule has 0 bridgehead atoms. The van der Waals surface area contributed by atoms with E-state index in [1.165, 1.54) is 0 Å². The molecule has 0 aromatic carbocycles. The summed E-state index contributed by atoms with van der Waals surface area (Å²) in [6.45, 7) is 3.48. The highest BCUT2D eigenvalue weighted by molar-refractivity contribution is 9.10. The zero-order valence-electron chi connectivity index (χ0n) is 8.94. The molecule has 0 aliphatic carbocycles. The number of aliphatic hydroxyl groups excluding tert-OH is 1. The van der Waals surface area contributed by atoms with E-state index >= 15 is 0 Å². The van der Waals surface area contributed by atoms with Gasteiger partial charge in [0.15, 0.2) is 0 Å². The maximum atomic E-state index is 9.82. The second kappa shape index (κ2) is 5.05. The van der Waals surface area contributed by atoms with E-state index in [0.717, 1.165) is 10.2 Å². The van der Waals surface area contributed by atoms with Gasteiger partial charge in [-0.25, -0.2) is 0 Å². The van der Waals surface area contributed by atoms with Crippen molar-refractivity contribution >= 4 is 15.9 Å². The molecule has 0 amide bonds. The summed E-state index contributed by atoms with van der Waals surface area (Å²) in [5.41, 5.74) is -0.270. The first kappa shape index (κ1) is 12.6. The number of halogens is 1. The number of hydrogen-bond acceptors (Lipinski definition) is 3. The van der Waals surface area contributed by atoms with Crippen LogP contribution >= 0.6 is 15.9 Å². The zero-order chi connectivity index (χ0) is 11.5. The molecule has 15 heavy (non-hydrogen) atoms. The van der Waals surface area contributed by atoms with Gasteiger partial charge in [-0.3, -0.25) is 4.98 Å². The number of aliphatic hydroxyl groups is 2. The number of nitrogens with zero attached hydrogens (tertiary/aromatic N) is 1. The monoisotopic (exact) mass is 273 g/mol. The van der Waals surface area contributed by atoms with Crippen molar-refractivity contribution in [3.8, 4) is 0 Å². The first-order valence-electron chi connectivity index (χ1n) is 4.96. The number of pyridine rings is 1. The minimum atomic E-state index is -1.05. The Kier molecular flexibility index (Phi) is 4.25. The highest BCUT2D eigenvalue weighted by Gasteiger charge is 2.28. The summed E-state index contributed by atoms with van der Waals surface area (Å²) in [4.78, 5) is 4.15. The van der Waals surface area contributed by atoms with Crippen LogP contribution in [0.5, 0.6) is 0 Å². The molecule has 0 aliphatic rings. The molecule has 2 unspecified atom stereocenters. The summed E-state index contributed by atoms with van der Waals surface area (Å²) in [5.74, 6) is 0. The topological polar surface area (TPSA) is 53.4 Å². The molecular weight excluding hydrogens is 258 g/mol. The summed E-state index contributed by atoms with van der Waals surface area (Å²) < 4.78 is 0.906. The van der Waals surface area contributed by atoms with Crippen LogP contribution in [0.3, 0.4) is 0 Å². The van der Waals surface area contributed by atoms with Crippen molar-refractivity contribution in [2.24, 2.45) is 0 Å². The van der Waals surface area contributed by atoms with E-state index in [0.29, 0.717) is 12.8 Å². The lowest BCUT2D eigenvalue weighted by Crippen LogP contribution is -2.40. The van der Waals surface area contributed by atoms with E-state index < -0.39 is 11.7 Å². The lowest BCUT2D eigenvalue weighted by atomic mass is 9.93. The van der Waals surface area contributed by atoms with Crippen molar-refractivity contribution in [2.75, 3.05) is 0 Å². The number of rotatable bonds is 4. The first-order valence-corrected chi connectivity index (χ1v) is 5.76. The lowest BCUT2D eigenvalue weighted by Gasteiger charge is -2.27. The Hall–Kier alpha value is -0.450. The van der Waals surface area contributed by atoms with Gasteiger partial charge in [-0.1, -0.05) is 6.92 Å². The average Bonchev–Trinajstić information content (AvgIpc) is 2.21. The Morgan fingerprint density at radius 2 is 2.20 bits per heavy atom. The van der Waals surface area contributed by atoms with E-state index in [4.69, 9.17) is 0 Å². The van der Waals surface area contributed by atoms with E-state index in [1.54, 1.807) is 13.1 Å². The summed E-state index contributed by atoms with van der Waals surface area (Å²) in [5, 5.41) is 19.6. The van der Waals surface area contributed by atoms with E-state index in [1.807, 2.05) is 19.1 Å². The van der Waals surface area contributed by atoms with Gasteiger partial charge in [0, 0.05) is 22.8 Å². The van der Waals surface area contributed by atoms with Gasteiger partial charge in [0.2, 0.25) is 0 Å². The fraction of sp³-hybridized carbons (Fsp3) is 0.545. The van der Waals surface area contributed by atoms with Crippen LogP contribution in [0, 0.1) is 0 Å². The molecule has 0 saturated heterocycles. The van der Waals surface area contributed by atoms with Gasteiger partial charge < -0.3 is 10.2 Å². The predicted molar refractivity (Wildman–Crippen MR) is 62.6 cm³/mol. The molecule has 1 rings (SSSR count). The van der Waals surface area contributed by atoms with Crippen LogP contribution in [0.4, 0.5) is 0 Å². The molecule has 1 aromatic rings. The van der Waals surface area contributed by atoms with Crippen LogP contribution in [-0.2, 0) is 6.42 Å². The number of hydrogen-bond donors (Lipinski definition) is 2. The Balaban J connectivity index is 2.66. The second-order valence-electron chi connectivity index (χ2n) is 3.90. The van der Waals surface area contributed by atoms with Gasteiger partial charge in [-0.05, 0) is 41.4 Å². The molecule has 0 radical (unpaired) electrons. The van der Waals surface area contributed by atoms with Crippen LogP contribution < -0.4 is 0 Å². The van der Waals surface area contributed by atoms with Crippen LogP contribution in [0.1, 0.15) is 26.0 Å². The van der Waals surface area contributed by atoms with Gasteiger partial charge in [-0.2, -0.15) is 0 Å². The fourth-order valence-electron chi connectivity index (χ4n) is 1.18. The molecule has 0 saturated carbocycles. The van der Waals surface area contributed by atoms with Gasteiger partial charge >= 0.3 is 0 Å². The molecule has 3 nitrogen and oxygen atoms in total. The van der Waals surface area contributed by atoms with Gasteiger partial charge in [0.25, 0.3) is 0 Å². The summed E-state index contributed by atoms with van der Waals surface area (Å²) >= 11 is 3.29. The third-order valence-electron chi connectivity index (χ3n) is 2.62. The predicted octanol–water partition coefficient (Wildman–Crippen LogP) is 1.91. The quantitative estimate of drug-likeness (QED) is 0.881. The Labute approximate surface area is 98.3 Å². The molecule has 0 spiro atoms. The van der Waals surface area contributed by atoms with Crippen molar-refractivity contribution in [3.05, 3.63) is 28.5 Å². The molecule has 84 valence electrons. The molecule has 2 N–H and O–H groups in total. The van der Waals surface area contributed by atoms with Crippen LogP contribution in [-0.4, -0.2) is 26.9 Å². The molecule has 2 atom stereocenters. The highest BCUT2D eigenvalue weighted by atomic mass is 79.9. The summed E-state index contributed by atoms with van der Waals surface area (Å²) in [6.07, 6.45) is 1.79. The largest absolute Gasteiger partial charge is 0.390 e. The van der Waals surface area contributed by atoms with Crippen LogP contribution in [0.2, 0.25) is 0 Å². The highest BCUT2D eigenvalue weighted by Crippen LogP contribution is 2.18. The Morgan fingerprint density at radius 1 is 1.53 bits per heavy atom. The number of aromatic nitrogens is 1. The third kappa shape index (κ3) is 3.55. The van der Waals surface area contributed by atoms with Crippen LogP contribution in [0.25, 0.3) is 0 Å². The first-order chi connectivity index (χ1) is 6.95. The third-order valence-corrected chi connectivity index (χ3v) is 3.09. The van der Waals surface area contributed by atoms with Crippen molar-refractivity contribution in [1.29, 1.82) is 0 Å². The van der Waals surface area contributed by atoms with Crippen molar-refractivity contribution < 1.29 is 10.2 Å². The van der Waals surface area contributed by atoms with Crippen molar-refractivity contribution in [1.82, 2.24) is 4.98 Å². The van der Waals surface area contributed by atoms with Gasteiger partial charge in [-0.15, -0.1) is 0 Å². The van der Waals surface area contributed by atoms with Crippen molar-refractivity contribution in [3.63, 3.8) is 0 Å². The maximum Gasteiger partial charge on any atom is 0.0879 e. The second-order valence-corrected chi connectivity index (χ2v) is 4.81. The van der Waals surface area contributed by atoms with Gasteiger partial charge in [0.05, 0.1) is 11.7 Å². The zero-order valence-corrected chi connectivity index (χ0v) is 10.5. The Bertz CT molecular complexity index is 311. The normalized spacial score (nSPS) is 17.1. The van der Waals surface area contributed by atoms with E-state index in [9.17, 15) is 10.2 Å². The fourth-order valence-corrected chi connectivity index (χ4v) is 1.42. The molecule has 0 aliphatic heterocycles. The Morgan fingerprint density at radius 3 is 2.67 bits per heavy atom. The summed E-state index contributed by atoms with van der Waals surface area (Å²) in [7, 11) is 0. The van der Waals surface area contributed by atoms with Gasteiger partial charge in [0.1, 0.15) is 0 Å². The average molecular weight is 274 g/mol. The molecule has 4 heteroatoms. The van der Waals surface area contributed by atoms with Crippen LogP contribution in [0.15, 0.2) is 22.8 Å². The standard InChI is InChI=1S/C11H16BrNO2/c1-3-11(2,15)10(14)6-9-5-4-8(12)7-13-9/h4-5,7,10,14-15H,3,6H2,1-2H3. The molecular formula is C11H16BrNO2. The summed E-state index contributed by atoms with van der Waals surface area (Å²) in [6, 6.07) is 3.70. The minimum Gasteiger partial charge on any atom is -0.390 e. The van der Waals surface area contributed by atoms with E-state index in [-0.39, 0.29) is 0 Å². The van der Waals surface area contributed by atoms with Crippen molar-refractivity contribution in [2.45, 2.75) is 38.4 Å². The lowest BCUT2D eigenvalue weighted by molar-refractivity contribution is -0.0633. The maximum absolute atomic E-state index is 9.82. The minimum absolute atomic E-state index is 0.369. The van der Waals surface area contributed by atoms with E-state index in [2.05, 4.69) is 20.9 Å². The molecule has 1 heterocycles. The SMILES string of the molecule is CCC(C)(O)C(O)Cc1ccc(Br)cn1. The smallest absolute Gasteiger partial charge is 0.0879 e.